The Morgan fingerprint density at radius 3 is 2.71 bits per heavy atom. The van der Waals surface area contributed by atoms with Crippen LogP contribution in [0.4, 0.5) is 0 Å². The molecule has 0 aromatic heterocycles. The fourth-order valence-corrected chi connectivity index (χ4v) is 1.59. The predicted octanol–water partition coefficient (Wildman–Crippen LogP) is 0.251. The van der Waals surface area contributed by atoms with Crippen molar-refractivity contribution < 1.29 is 14.6 Å². The summed E-state index contributed by atoms with van der Waals surface area (Å²) in [5, 5.41) is 9.35. The summed E-state index contributed by atoms with van der Waals surface area (Å²) in [6.07, 6.45) is 0.101. The first kappa shape index (κ1) is 11.5. The molecule has 1 fully saturated rings. The molecule has 1 heterocycles. The first-order chi connectivity index (χ1) is 6.50. The third-order valence-electron chi connectivity index (χ3n) is 2.36. The molecule has 0 aromatic carbocycles. The minimum Gasteiger partial charge on any atom is -0.464 e. The van der Waals surface area contributed by atoms with Gasteiger partial charge in [0.15, 0.2) is 0 Å². The number of carbonyl (C=O) groups excluding carboxylic acids is 1. The SMILES string of the molecule is CC(C)COC(=O)[C@@H]1CC(O)CN1C. The molecule has 0 spiro atoms. The lowest BCUT2D eigenvalue weighted by Gasteiger charge is -2.17. The van der Waals surface area contributed by atoms with Crippen LogP contribution in [0.5, 0.6) is 0 Å². The highest BCUT2D eigenvalue weighted by molar-refractivity contribution is 5.76. The molecule has 2 atom stereocenters. The molecule has 1 N–H and O–H groups in total. The molecule has 1 saturated heterocycles. The van der Waals surface area contributed by atoms with Crippen molar-refractivity contribution in [1.29, 1.82) is 0 Å². The number of carbonyl (C=O) groups is 1. The van der Waals surface area contributed by atoms with E-state index in [2.05, 4.69) is 0 Å². The summed E-state index contributed by atoms with van der Waals surface area (Å²) < 4.78 is 5.11. The second kappa shape index (κ2) is 4.75. The van der Waals surface area contributed by atoms with Crippen LogP contribution in [0, 0.1) is 5.92 Å². The smallest absolute Gasteiger partial charge is 0.323 e. The van der Waals surface area contributed by atoms with E-state index in [1.54, 1.807) is 0 Å². The summed E-state index contributed by atoms with van der Waals surface area (Å²) in [6, 6.07) is -0.260. The van der Waals surface area contributed by atoms with Gasteiger partial charge in [0, 0.05) is 13.0 Å². The van der Waals surface area contributed by atoms with Crippen molar-refractivity contribution in [3.8, 4) is 0 Å². The molecule has 0 radical (unpaired) electrons. The molecule has 0 aliphatic carbocycles. The van der Waals surface area contributed by atoms with Crippen molar-refractivity contribution in [3.63, 3.8) is 0 Å². The minimum absolute atomic E-state index is 0.210. The molecular formula is C10H19NO3. The van der Waals surface area contributed by atoms with Gasteiger partial charge in [-0.15, -0.1) is 0 Å². The van der Waals surface area contributed by atoms with Crippen molar-refractivity contribution >= 4 is 5.97 Å². The van der Waals surface area contributed by atoms with Gasteiger partial charge in [0.05, 0.1) is 12.7 Å². The van der Waals surface area contributed by atoms with Crippen LogP contribution in [0.15, 0.2) is 0 Å². The van der Waals surface area contributed by atoms with E-state index in [4.69, 9.17) is 4.74 Å². The number of nitrogens with zero attached hydrogens (tertiary/aromatic N) is 1. The van der Waals surface area contributed by atoms with Crippen molar-refractivity contribution in [2.75, 3.05) is 20.2 Å². The Morgan fingerprint density at radius 1 is 1.64 bits per heavy atom. The standard InChI is InChI=1S/C10H19NO3/c1-7(2)6-14-10(13)9-4-8(12)5-11(9)3/h7-9,12H,4-6H2,1-3H3/t8?,9-/m0/s1. The van der Waals surface area contributed by atoms with E-state index in [0.29, 0.717) is 25.5 Å². The van der Waals surface area contributed by atoms with Gasteiger partial charge in [0.2, 0.25) is 0 Å². The molecule has 0 bridgehead atoms. The Morgan fingerprint density at radius 2 is 2.29 bits per heavy atom. The van der Waals surface area contributed by atoms with E-state index in [9.17, 15) is 9.90 Å². The number of esters is 1. The maximum atomic E-state index is 11.5. The molecule has 0 aromatic rings. The predicted molar refractivity (Wildman–Crippen MR) is 52.8 cm³/mol. The van der Waals surface area contributed by atoms with Gasteiger partial charge in [-0.25, -0.2) is 0 Å². The fraction of sp³-hybridized carbons (Fsp3) is 0.900. The zero-order valence-electron chi connectivity index (χ0n) is 9.06. The van der Waals surface area contributed by atoms with Crippen molar-refractivity contribution in [3.05, 3.63) is 0 Å². The number of β-amino-alcohol motifs (C(OH)–C–C–N with tert-alkyl or cyclic N) is 1. The average molecular weight is 201 g/mol. The maximum absolute atomic E-state index is 11.5. The molecule has 4 nitrogen and oxygen atoms in total. The molecule has 4 heteroatoms. The van der Waals surface area contributed by atoms with E-state index in [1.807, 2.05) is 25.8 Å². The van der Waals surface area contributed by atoms with E-state index in [-0.39, 0.29) is 12.0 Å². The molecular weight excluding hydrogens is 182 g/mol. The lowest BCUT2D eigenvalue weighted by Crippen LogP contribution is -2.34. The number of likely N-dealkylation sites (tertiary alicyclic amines) is 1. The number of ether oxygens (including phenoxy) is 1. The first-order valence-corrected chi connectivity index (χ1v) is 5.05. The second-order valence-electron chi connectivity index (χ2n) is 4.37. The van der Waals surface area contributed by atoms with Gasteiger partial charge in [0.1, 0.15) is 6.04 Å². The molecule has 82 valence electrons. The molecule has 0 amide bonds. The monoisotopic (exact) mass is 201 g/mol. The summed E-state index contributed by atoms with van der Waals surface area (Å²) >= 11 is 0. The lowest BCUT2D eigenvalue weighted by molar-refractivity contribution is -0.149. The number of aliphatic hydroxyl groups is 1. The van der Waals surface area contributed by atoms with E-state index in [1.165, 1.54) is 0 Å². The van der Waals surface area contributed by atoms with Crippen LogP contribution in [-0.4, -0.2) is 48.3 Å². The van der Waals surface area contributed by atoms with Crippen molar-refractivity contribution in [2.24, 2.45) is 5.92 Å². The highest BCUT2D eigenvalue weighted by Gasteiger charge is 2.34. The Labute approximate surface area is 84.8 Å². The van der Waals surface area contributed by atoms with Crippen LogP contribution in [0.25, 0.3) is 0 Å². The first-order valence-electron chi connectivity index (χ1n) is 5.05. The van der Waals surface area contributed by atoms with Crippen LogP contribution < -0.4 is 0 Å². The Balaban J connectivity index is 2.37. The van der Waals surface area contributed by atoms with Crippen LogP contribution in [0.2, 0.25) is 0 Å². The van der Waals surface area contributed by atoms with Crippen LogP contribution in [0.3, 0.4) is 0 Å². The van der Waals surface area contributed by atoms with Gasteiger partial charge in [-0.2, -0.15) is 0 Å². The second-order valence-corrected chi connectivity index (χ2v) is 4.37. The Kier molecular flexibility index (Phi) is 3.89. The fourth-order valence-electron chi connectivity index (χ4n) is 1.59. The van der Waals surface area contributed by atoms with Gasteiger partial charge in [-0.1, -0.05) is 13.8 Å². The summed E-state index contributed by atoms with van der Waals surface area (Å²) in [5.41, 5.74) is 0. The number of aliphatic hydroxyl groups excluding tert-OH is 1. The molecule has 1 rings (SSSR count). The molecule has 14 heavy (non-hydrogen) atoms. The summed E-state index contributed by atoms with van der Waals surface area (Å²) in [5.74, 6) is 0.147. The number of hydrogen-bond donors (Lipinski definition) is 1. The number of likely N-dealkylation sites (N-methyl/N-ethyl adjacent to an activating group) is 1. The maximum Gasteiger partial charge on any atom is 0.323 e. The largest absolute Gasteiger partial charge is 0.464 e. The summed E-state index contributed by atoms with van der Waals surface area (Å²) in [7, 11) is 1.83. The van der Waals surface area contributed by atoms with Gasteiger partial charge >= 0.3 is 5.97 Å². The third-order valence-corrected chi connectivity index (χ3v) is 2.36. The van der Waals surface area contributed by atoms with Crippen LogP contribution >= 0.6 is 0 Å². The van der Waals surface area contributed by atoms with Gasteiger partial charge in [-0.05, 0) is 13.0 Å². The minimum atomic E-state index is -0.392. The van der Waals surface area contributed by atoms with Crippen LogP contribution in [0.1, 0.15) is 20.3 Å². The lowest BCUT2D eigenvalue weighted by atomic mass is 10.2. The Hall–Kier alpha value is -0.610. The molecule has 0 saturated carbocycles. The quantitative estimate of drug-likeness (QED) is 0.665. The third kappa shape index (κ3) is 2.96. The van der Waals surface area contributed by atoms with Crippen LogP contribution in [-0.2, 0) is 9.53 Å². The van der Waals surface area contributed by atoms with E-state index >= 15 is 0 Å². The summed E-state index contributed by atoms with van der Waals surface area (Å²) in [6.45, 7) is 5.02. The zero-order chi connectivity index (χ0) is 10.7. The topological polar surface area (TPSA) is 49.8 Å². The van der Waals surface area contributed by atoms with E-state index < -0.39 is 6.10 Å². The van der Waals surface area contributed by atoms with Gasteiger partial charge < -0.3 is 9.84 Å². The highest BCUT2D eigenvalue weighted by Crippen LogP contribution is 2.16. The molecule has 1 aliphatic rings. The number of rotatable bonds is 3. The molecule has 1 aliphatic heterocycles. The Bertz CT molecular complexity index is 206. The normalized spacial score (nSPS) is 28.4. The van der Waals surface area contributed by atoms with Gasteiger partial charge in [-0.3, -0.25) is 9.69 Å². The van der Waals surface area contributed by atoms with E-state index in [0.717, 1.165) is 0 Å². The van der Waals surface area contributed by atoms with Crippen molar-refractivity contribution in [1.82, 2.24) is 4.90 Å². The van der Waals surface area contributed by atoms with Crippen molar-refractivity contribution in [2.45, 2.75) is 32.4 Å². The number of hydrogen-bond acceptors (Lipinski definition) is 4. The van der Waals surface area contributed by atoms with Gasteiger partial charge in [0.25, 0.3) is 0 Å². The average Bonchev–Trinajstić information content (AvgIpc) is 2.41. The summed E-state index contributed by atoms with van der Waals surface area (Å²) in [4.78, 5) is 13.4. The zero-order valence-corrected chi connectivity index (χ0v) is 9.06. The molecule has 1 unspecified atom stereocenters. The highest BCUT2D eigenvalue weighted by atomic mass is 16.5.